The van der Waals surface area contributed by atoms with E-state index in [1.54, 1.807) is 0 Å². The Morgan fingerprint density at radius 1 is 0.960 bits per heavy atom. The van der Waals surface area contributed by atoms with Gasteiger partial charge in [-0.05, 0) is 80.9 Å². The molecule has 0 amide bonds. The average molecular weight is 356 g/mol. The van der Waals surface area contributed by atoms with Crippen molar-refractivity contribution >= 4 is 28.7 Å². The molecule has 0 saturated heterocycles. The SMILES string of the molecule is CCN(CC)c1ccc(CN(C)C(=S)Nc2cc(C)cc(C)c2)cc1. The van der Waals surface area contributed by atoms with E-state index in [-0.39, 0.29) is 0 Å². The molecule has 1 N–H and O–H groups in total. The molecule has 2 aromatic rings. The number of nitrogens with one attached hydrogen (secondary N) is 1. The van der Waals surface area contributed by atoms with Crippen molar-refractivity contribution in [1.29, 1.82) is 0 Å². The van der Waals surface area contributed by atoms with Gasteiger partial charge in [-0.3, -0.25) is 0 Å². The topological polar surface area (TPSA) is 18.5 Å². The lowest BCUT2D eigenvalue weighted by molar-refractivity contribution is 0.508. The zero-order valence-corrected chi connectivity index (χ0v) is 16.8. The van der Waals surface area contributed by atoms with Crippen molar-refractivity contribution in [2.75, 3.05) is 30.4 Å². The van der Waals surface area contributed by atoms with Crippen LogP contribution >= 0.6 is 12.2 Å². The second-order valence-electron chi connectivity index (χ2n) is 6.50. The van der Waals surface area contributed by atoms with Gasteiger partial charge >= 0.3 is 0 Å². The lowest BCUT2D eigenvalue weighted by atomic mass is 10.1. The summed E-state index contributed by atoms with van der Waals surface area (Å²) >= 11 is 5.56. The van der Waals surface area contributed by atoms with Gasteiger partial charge in [-0.25, -0.2) is 0 Å². The Morgan fingerprint density at radius 2 is 1.52 bits per heavy atom. The van der Waals surface area contributed by atoms with Gasteiger partial charge in [0.2, 0.25) is 0 Å². The lowest BCUT2D eigenvalue weighted by Crippen LogP contribution is -2.30. The minimum atomic E-state index is 0.734. The Kier molecular flexibility index (Phi) is 6.82. The van der Waals surface area contributed by atoms with Gasteiger partial charge in [-0.2, -0.15) is 0 Å². The average Bonchev–Trinajstić information content (AvgIpc) is 2.56. The maximum absolute atomic E-state index is 5.56. The minimum absolute atomic E-state index is 0.734. The summed E-state index contributed by atoms with van der Waals surface area (Å²) in [4.78, 5) is 4.42. The quantitative estimate of drug-likeness (QED) is 0.736. The first-order valence-electron chi connectivity index (χ1n) is 8.87. The maximum Gasteiger partial charge on any atom is 0.173 e. The Labute approximate surface area is 157 Å². The molecule has 0 bridgehead atoms. The van der Waals surface area contributed by atoms with Crippen LogP contribution in [-0.2, 0) is 6.54 Å². The number of benzene rings is 2. The molecule has 0 aliphatic heterocycles. The smallest absolute Gasteiger partial charge is 0.173 e. The number of aryl methyl sites for hydroxylation is 2. The van der Waals surface area contributed by atoms with E-state index in [9.17, 15) is 0 Å². The lowest BCUT2D eigenvalue weighted by Gasteiger charge is -2.23. The predicted octanol–water partition coefficient (Wildman–Crippen LogP) is 4.98. The Hall–Kier alpha value is -2.07. The van der Waals surface area contributed by atoms with Crippen LogP contribution in [-0.4, -0.2) is 30.1 Å². The molecular weight excluding hydrogens is 326 g/mol. The molecular formula is C21H29N3S. The van der Waals surface area contributed by atoms with Crippen LogP contribution in [0.1, 0.15) is 30.5 Å². The molecule has 0 unspecified atom stereocenters. The first kappa shape index (κ1) is 19.3. The molecule has 0 fully saturated rings. The van der Waals surface area contributed by atoms with E-state index in [4.69, 9.17) is 12.2 Å². The predicted molar refractivity (Wildman–Crippen MR) is 114 cm³/mol. The monoisotopic (exact) mass is 355 g/mol. The van der Waals surface area contributed by atoms with Crippen molar-refractivity contribution in [1.82, 2.24) is 4.90 Å². The van der Waals surface area contributed by atoms with Gasteiger partial charge in [0.25, 0.3) is 0 Å². The highest BCUT2D eigenvalue weighted by molar-refractivity contribution is 7.80. The van der Waals surface area contributed by atoms with E-state index < -0.39 is 0 Å². The molecule has 4 heteroatoms. The second-order valence-corrected chi connectivity index (χ2v) is 6.89. The van der Waals surface area contributed by atoms with Crippen LogP contribution in [0.25, 0.3) is 0 Å². The summed E-state index contributed by atoms with van der Waals surface area (Å²) in [6.07, 6.45) is 0. The summed E-state index contributed by atoms with van der Waals surface area (Å²) in [6, 6.07) is 15.1. The van der Waals surface area contributed by atoms with Crippen LogP contribution in [0.3, 0.4) is 0 Å². The van der Waals surface area contributed by atoms with Crippen LogP contribution in [0, 0.1) is 13.8 Å². The molecule has 0 aliphatic carbocycles. The van der Waals surface area contributed by atoms with Crippen molar-refractivity contribution in [3.63, 3.8) is 0 Å². The van der Waals surface area contributed by atoms with E-state index in [2.05, 4.69) is 85.3 Å². The van der Waals surface area contributed by atoms with Gasteiger partial charge in [-0.1, -0.05) is 18.2 Å². The largest absolute Gasteiger partial charge is 0.372 e. The van der Waals surface area contributed by atoms with Crippen LogP contribution < -0.4 is 10.2 Å². The highest BCUT2D eigenvalue weighted by atomic mass is 32.1. The van der Waals surface area contributed by atoms with Crippen LogP contribution in [0.4, 0.5) is 11.4 Å². The number of anilines is 2. The zero-order valence-electron chi connectivity index (χ0n) is 16.0. The first-order chi connectivity index (χ1) is 11.9. The van der Waals surface area contributed by atoms with Crippen molar-refractivity contribution < 1.29 is 0 Å². The van der Waals surface area contributed by atoms with Crippen molar-refractivity contribution in [2.45, 2.75) is 34.2 Å². The molecule has 0 radical (unpaired) electrons. The number of nitrogens with zero attached hydrogens (tertiary/aromatic N) is 2. The van der Waals surface area contributed by atoms with E-state index >= 15 is 0 Å². The van der Waals surface area contributed by atoms with Crippen molar-refractivity contribution in [2.24, 2.45) is 0 Å². The van der Waals surface area contributed by atoms with Crippen molar-refractivity contribution in [3.05, 3.63) is 59.2 Å². The van der Waals surface area contributed by atoms with Gasteiger partial charge in [-0.15, -0.1) is 0 Å². The van der Waals surface area contributed by atoms with E-state index in [1.807, 2.05) is 7.05 Å². The first-order valence-corrected chi connectivity index (χ1v) is 9.28. The molecule has 0 atom stereocenters. The molecule has 0 aromatic heterocycles. The fourth-order valence-electron chi connectivity index (χ4n) is 3.01. The van der Waals surface area contributed by atoms with E-state index in [1.165, 1.54) is 22.4 Å². The minimum Gasteiger partial charge on any atom is -0.372 e. The third kappa shape index (κ3) is 5.46. The Morgan fingerprint density at radius 3 is 2.04 bits per heavy atom. The molecule has 2 aromatic carbocycles. The van der Waals surface area contributed by atoms with E-state index in [0.29, 0.717) is 0 Å². The summed E-state index contributed by atoms with van der Waals surface area (Å²) in [5.41, 5.74) is 6.04. The summed E-state index contributed by atoms with van der Waals surface area (Å²) in [7, 11) is 2.02. The van der Waals surface area contributed by atoms with Crippen molar-refractivity contribution in [3.8, 4) is 0 Å². The maximum atomic E-state index is 5.56. The summed E-state index contributed by atoms with van der Waals surface area (Å²) in [6.45, 7) is 11.4. The molecule has 0 spiro atoms. The number of rotatable bonds is 6. The van der Waals surface area contributed by atoms with Crippen LogP contribution in [0.2, 0.25) is 0 Å². The standard InChI is InChI=1S/C21H29N3S/c1-6-24(7-2)20-10-8-18(9-11-20)15-23(5)21(25)22-19-13-16(3)12-17(4)14-19/h8-14H,6-7,15H2,1-5H3,(H,22,25). The zero-order chi connectivity index (χ0) is 18.4. The summed E-state index contributed by atoms with van der Waals surface area (Å²) in [5.74, 6) is 0. The number of hydrogen-bond donors (Lipinski definition) is 1. The molecule has 25 heavy (non-hydrogen) atoms. The highest BCUT2D eigenvalue weighted by Gasteiger charge is 2.07. The van der Waals surface area contributed by atoms with Crippen LogP contribution in [0.15, 0.2) is 42.5 Å². The third-order valence-electron chi connectivity index (χ3n) is 4.30. The van der Waals surface area contributed by atoms with Gasteiger partial charge < -0.3 is 15.1 Å². The Balaban J connectivity index is 1.98. The fourth-order valence-corrected chi connectivity index (χ4v) is 3.19. The molecule has 0 heterocycles. The van der Waals surface area contributed by atoms with Crippen LogP contribution in [0.5, 0.6) is 0 Å². The summed E-state index contributed by atoms with van der Waals surface area (Å²) in [5, 5.41) is 4.07. The second kappa shape index (κ2) is 8.86. The van der Waals surface area contributed by atoms with Gasteiger partial charge in [0.05, 0.1) is 0 Å². The fraction of sp³-hybridized carbons (Fsp3) is 0.381. The normalized spacial score (nSPS) is 10.4. The molecule has 134 valence electrons. The molecule has 2 rings (SSSR count). The molecule has 0 saturated carbocycles. The van der Waals surface area contributed by atoms with E-state index in [0.717, 1.165) is 30.4 Å². The highest BCUT2D eigenvalue weighted by Crippen LogP contribution is 2.17. The van der Waals surface area contributed by atoms with Gasteiger partial charge in [0.1, 0.15) is 0 Å². The summed E-state index contributed by atoms with van der Waals surface area (Å²) < 4.78 is 0. The van der Waals surface area contributed by atoms with Gasteiger partial charge in [0, 0.05) is 38.1 Å². The number of thiocarbonyl (C=S) groups is 1. The Bertz CT molecular complexity index is 685. The molecule has 0 aliphatic rings. The number of hydrogen-bond acceptors (Lipinski definition) is 2. The third-order valence-corrected chi connectivity index (χ3v) is 4.72. The molecule has 3 nitrogen and oxygen atoms in total. The van der Waals surface area contributed by atoms with Gasteiger partial charge in [0.15, 0.2) is 5.11 Å².